The van der Waals surface area contributed by atoms with Crippen LogP contribution in [0.4, 0.5) is 4.39 Å². The zero-order valence-electron chi connectivity index (χ0n) is 17.5. The van der Waals surface area contributed by atoms with Crippen molar-refractivity contribution in [3.8, 4) is 5.75 Å². The second-order valence-electron chi connectivity index (χ2n) is 8.12. The highest BCUT2D eigenvalue weighted by Crippen LogP contribution is 2.35. The third kappa shape index (κ3) is 5.35. The van der Waals surface area contributed by atoms with Crippen LogP contribution in [0.25, 0.3) is 0 Å². The van der Waals surface area contributed by atoms with Crippen LogP contribution in [0.2, 0.25) is 0 Å². The molecular weight excluding hydrogens is 351 g/mol. The van der Waals surface area contributed by atoms with Crippen LogP contribution in [-0.4, -0.2) is 6.61 Å². The van der Waals surface area contributed by atoms with Gasteiger partial charge in [-0.25, -0.2) is 4.39 Å². The lowest BCUT2D eigenvalue weighted by molar-refractivity contribution is -0.0216. The fourth-order valence-electron chi connectivity index (χ4n) is 3.91. The van der Waals surface area contributed by atoms with Crippen molar-refractivity contribution in [3.63, 3.8) is 0 Å². The molecule has 1 saturated heterocycles. The highest BCUT2D eigenvalue weighted by atomic mass is 19.1. The molecule has 0 aliphatic carbocycles. The summed E-state index contributed by atoms with van der Waals surface area (Å²) in [6, 6.07) is 11.8. The number of ether oxygens (including phenoxy) is 2. The first-order valence-electron chi connectivity index (χ1n) is 10.7. The molecule has 2 nitrogen and oxygen atoms in total. The molecule has 3 heteroatoms. The number of hydrogen-bond acceptors (Lipinski definition) is 2. The van der Waals surface area contributed by atoms with Crippen molar-refractivity contribution in [2.24, 2.45) is 5.92 Å². The van der Waals surface area contributed by atoms with Gasteiger partial charge in [0.2, 0.25) is 0 Å². The summed E-state index contributed by atoms with van der Waals surface area (Å²) in [5.41, 5.74) is 3.44. The lowest BCUT2D eigenvalue weighted by atomic mass is 9.90. The Morgan fingerprint density at radius 2 is 1.82 bits per heavy atom. The molecule has 2 unspecified atom stereocenters. The smallest absolute Gasteiger partial charge is 0.132 e. The maximum absolute atomic E-state index is 15.0. The van der Waals surface area contributed by atoms with Crippen molar-refractivity contribution in [1.82, 2.24) is 0 Å². The Balaban J connectivity index is 1.58. The Hall–Kier alpha value is -1.87. The van der Waals surface area contributed by atoms with Gasteiger partial charge in [-0.2, -0.15) is 0 Å². The van der Waals surface area contributed by atoms with E-state index in [4.69, 9.17) is 9.47 Å². The molecule has 28 heavy (non-hydrogen) atoms. The monoisotopic (exact) mass is 384 g/mol. The molecule has 3 rings (SSSR count). The van der Waals surface area contributed by atoms with Crippen LogP contribution in [0.15, 0.2) is 36.4 Å². The van der Waals surface area contributed by atoms with E-state index in [0.717, 1.165) is 30.8 Å². The quantitative estimate of drug-likeness (QED) is 0.453. The molecule has 2 aromatic carbocycles. The van der Waals surface area contributed by atoms with Gasteiger partial charge in [-0.05, 0) is 62.3 Å². The molecule has 0 N–H and O–H groups in total. The Morgan fingerprint density at radius 1 is 1.04 bits per heavy atom. The van der Waals surface area contributed by atoms with Crippen molar-refractivity contribution in [1.29, 1.82) is 0 Å². The van der Waals surface area contributed by atoms with E-state index < -0.39 is 0 Å². The predicted octanol–water partition coefficient (Wildman–Crippen LogP) is 7.07. The summed E-state index contributed by atoms with van der Waals surface area (Å²) in [6.45, 7) is 7.24. The highest BCUT2D eigenvalue weighted by Gasteiger charge is 2.26. The Labute approximate surface area is 169 Å². The van der Waals surface area contributed by atoms with Crippen molar-refractivity contribution in [3.05, 3.63) is 64.5 Å². The van der Waals surface area contributed by atoms with E-state index in [0.29, 0.717) is 23.7 Å². The normalized spacial score (nSPS) is 19.6. The molecule has 152 valence electrons. The van der Waals surface area contributed by atoms with Gasteiger partial charge in [-0.3, -0.25) is 0 Å². The number of benzene rings is 2. The summed E-state index contributed by atoms with van der Waals surface area (Å²) in [4.78, 5) is 0. The standard InChI is InChI=1S/C25H33FO2/c1-4-5-6-7-20-10-15-24(28-16-20)23-14-11-21(19(3)25(23)26)17-27-22-12-8-18(2)9-13-22/h8-9,11-14,20,24H,4-7,10,15-17H2,1-3H3. The van der Waals surface area contributed by atoms with Crippen molar-refractivity contribution in [2.45, 2.75) is 72.0 Å². The fraction of sp³-hybridized carbons (Fsp3) is 0.520. The van der Waals surface area contributed by atoms with Crippen LogP contribution in [0, 0.1) is 25.6 Å². The van der Waals surface area contributed by atoms with Crippen LogP contribution in [-0.2, 0) is 11.3 Å². The van der Waals surface area contributed by atoms with Gasteiger partial charge in [-0.15, -0.1) is 0 Å². The molecule has 2 aromatic rings. The molecule has 0 amide bonds. The summed E-state index contributed by atoms with van der Waals surface area (Å²) in [5.74, 6) is 1.30. The van der Waals surface area contributed by atoms with Gasteiger partial charge in [0, 0.05) is 5.56 Å². The van der Waals surface area contributed by atoms with Crippen molar-refractivity contribution < 1.29 is 13.9 Å². The molecule has 0 aromatic heterocycles. The van der Waals surface area contributed by atoms with Gasteiger partial charge in [0.15, 0.2) is 0 Å². The van der Waals surface area contributed by atoms with E-state index in [1.807, 2.05) is 50.2 Å². The van der Waals surface area contributed by atoms with Gasteiger partial charge >= 0.3 is 0 Å². The molecule has 1 heterocycles. The van der Waals surface area contributed by atoms with Crippen LogP contribution in [0.3, 0.4) is 0 Å². The van der Waals surface area contributed by atoms with Crippen molar-refractivity contribution in [2.75, 3.05) is 6.61 Å². The van der Waals surface area contributed by atoms with Crippen LogP contribution in [0.1, 0.15) is 73.8 Å². The summed E-state index contributed by atoms with van der Waals surface area (Å²) in [7, 11) is 0. The van der Waals surface area contributed by atoms with E-state index in [1.54, 1.807) is 0 Å². The number of halogens is 1. The fourth-order valence-corrected chi connectivity index (χ4v) is 3.91. The predicted molar refractivity (Wildman–Crippen MR) is 112 cm³/mol. The molecule has 0 radical (unpaired) electrons. The molecular formula is C25H33FO2. The molecule has 2 atom stereocenters. The maximum atomic E-state index is 15.0. The molecule has 1 fully saturated rings. The lowest BCUT2D eigenvalue weighted by Crippen LogP contribution is -2.21. The maximum Gasteiger partial charge on any atom is 0.132 e. The first kappa shape index (κ1) is 20.9. The number of rotatable bonds is 8. The third-order valence-electron chi connectivity index (χ3n) is 5.88. The summed E-state index contributed by atoms with van der Waals surface area (Å²) >= 11 is 0. The second-order valence-corrected chi connectivity index (χ2v) is 8.12. The SMILES string of the molecule is CCCCCC1CCC(c2ccc(COc3ccc(C)cc3)c(C)c2F)OC1. The average Bonchev–Trinajstić information content (AvgIpc) is 2.71. The van der Waals surface area contributed by atoms with Gasteiger partial charge in [0.25, 0.3) is 0 Å². The minimum atomic E-state index is -0.139. The third-order valence-corrected chi connectivity index (χ3v) is 5.88. The van der Waals surface area contributed by atoms with Crippen LogP contribution in [0.5, 0.6) is 5.75 Å². The lowest BCUT2D eigenvalue weighted by Gasteiger charge is -2.30. The van der Waals surface area contributed by atoms with E-state index >= 15 is 4.39 Å². The van der Waals surface area contributed by atoms with Crippen LogP contribution >= 0.6 is 0 Å². The minimum Gasteiger partial charge on any atom is -0.489 e. The van der Waals surface area contributed by atoms with Gasteiger partial charge in [0.1, 0.15) is 18.2 Å². The molecule has 0 saturated carbocycles. The molecule has 0 spiro atoms. The average molecular weight is 385 g/mol. The Kier molecular flexibility index (Phi) is 7.50. The number of hydrogen-bond donors (Lipinski definition) is 0. The number of unbranched alkanes of at least 4 members (excludes halogenated alkanes) is 2. The van der Waals surface area contributed by atoms with E-state index in [9.17, 15) is 0 Å². The summed E-state index contributed by atoms with van der Waals surface area (Å²) < 4.78 is 26.9. The Bertz CT molecular complexity index is 746. The zero-order valence-corrected chi connectivity index (χ0v) is 17.5. The molecule has 0 bridgehead atoms. The Morgan fingerprint density at radius 3 is 2.50 bits per heavy atom. The summed E-state index contributed by atoms with van der Waals surface area (Å²) in [5, 5.41) is 0. The molecule has 1 aliphatic rings. The second kappa shape index (κ2) is 10.1. The van der Waals surface area contributed by atoms with Crippen LogP contribution < -0.4 is 4.74 Å². The van der Waals surface area contributed by atoms with Crippen molar-refractivity contribution >= 4 is 0 Å². The van der Waals surface area contributed by atoms with Gasteiger partial charge < -0.3 is 9.47 Å². The highest BCUT2D eigenvalue weighted by molar-refractivity contribution is 5.35. The van der Waals surface area contributed by atoms with E-state index in [2.05, 4.69) is 6.92 Å². The van der Waals surface area contributed by atoms with E-state index in [-0.39, 0.29) is 11.9 Å². The minimum absolute atomic E-state index is 0.117. The summed E-state index contributed by atoms with van der Waals surface area (Å²) in [6.07, 6.45) is 6.97. The topological polar surface area (TPSA) is 18.5 Å². The number of aryl methyl sites for hydroxylation is 1. The largest absolute Gasteiger partial charge is 0.489 e. The first-order valence-corrected chi connectivity index (χ1v) is 10.7. The van der Waals surface area contributed by atoms with Gasteiger partial charge in [0.05, 0.1) is 12.7 Å². The van der Waals surface area contributed by atoms with E-state index in [1.165, 1.54) is 31.2 Å². The first-order chi connectivity index (χ1) is 13.6. The van der Waals surface area contributed by atoms with Gasteiger partial charge in [-0.1, -0.05) is 56.0 Å². The molecule has 1 aliphatic heterocycles. The zero-order chi connectivity index (χ0) is 19.9.